The molecule has 24 heavy (non-hydrogen) atoms. The van der Waals surface area contributed by atoms with Crippen LogP contribution >= 0.6 is 0 Å². The highest BCUT2D eigenvalue weighted by Gasteiger charge is 2.45. The standard InChI is InChI=1S/C9H24N2Si2.C8H22N2Si/c1-8(2,3)10-12-11(13(10)7)9(4,5)6;1-7(2,3)9-11-10-8(4,5)6/h13H,12H2,1-7H3;9-10H,11H2,1-6H3. The molecular weight excluding hydrogens is 344 g/mol. The van der Waals surface area contributed by atoms with Crippen LogP contribution in [0.25, 0.3) is 0 Å². The Morgan fingerprint density at radius 2 is 0.958 bits per heavy atom. The molecule has 1 aliphatic heterocycles. The minimum absolute atomic E-state index is 0.0945. The Kier molecular flexibility index (Phi) is 8.63. The molecule has 1 fully saturated rings. The SMILES string of the molecule is CC(C)(C)N[SiH2]NC(C)(C)C.C[SiH]1N(C(C)(C)C)[SiH2]N1C(C)(C)C. The Balaban J connectivity index is 0.000000449. The predicted octanol–water partition coefficient (Wildman–Crippen LogP) is 1.81. The second-order valence-corrected chi connectivity index (χ2v) is 17.8. The van der Waals surface area contributed by atoms with E-state index in [0.29, 0.717) is 11.1 Å². The molecule has 0 radical (unpaired) electrons. The van der Waals surface area contributed by atoms with Crippen molar-refractivity contribution in [2.24, 2.45) is 0 Å². The Labute approximate surface area is 159 Å². The summed E-state index contributed by atoms with van der Waals surface area (Å²) in [5.41, 5.74) is 1.40. The molecule has 1 aliphatic rings. The van der Waals surface area contributed by atoms with Gasteiger partial charge in [-0.2, -0.15) is 0 Å². The van der Waals surface area contributed by atoms with Gasteiger partial charge in [0.1, 0.15) is 0 Å². The molecule has 1 saturated heterocycles. The summed E-state index contributed by atoms with van der Waals surface area (Å²) in [5.74, 6) is 0. The highest BCUT2D eigenvalue weighted by molar-refractivity contribution is 6.76. The number of nitrogens with zero attached hydrogens (tertiary/aromatic N) is 2. The summed E-state index contributed by atoms with van der Waals surface area (Å²) in [6.45, 7) is 29.8. The molecule has 0 spiro atoms. The van der Waals surface area contributed by atoms with Crippen molar-refractivity contribution in [1.29, 1.82) is 0 Å². The van der Waals surface area contributed by atoms with Gasteiger partial charge >= 0.3 is 0 Å². The van der Waals surface area contributed by atoms with Crippen molar-refractivity contribution in [3.8, 4) is 0 Å². The highest BCUT2D eigenvalue weighted by Crippen LogP contribution is 2.29. The van der Waals surface area contributed by atoms with Gasteiger partial charge in [0.05, 0.1) is 0 Å². The molecule has 0 aromatic heterocycles. The monoisotopic (exact) mass is 390 g/mol. The van der Waals surface area contributed by atoms with Crippen LogP contribution in [0.4, 0.5) is 0 Å². The molecule has 0 aliphatic carbocycles. The normalized spacial score (nSPS) is 22.1. The van der Waals surface area contributed by atoms with Gasteiger partial charge in [0.15, 0.2) is 28.8 Å². The van der Waals surface area contributed by atoms with Gasteiger partial charge < -0.3 is 18.4 Å². The van der Waals surface area contributed by atoms with Gasteiger partial charge in [-0.3, -0.25) is 0 Å². The molecule has 7 heteroatoms. The van der Waals surface area contributed by atoms with E-state index in [4.69, 9.17) is 0 Å². The Bertz CT molecular complexity index is 341. The maximum absolute atomic E-state index is 3.51. The van der Waals surface area contributed by atoms with E-state index in [-0.39, 0.29) is 30.8 Å². The molecule has 1 rings (SSSR count). The fourth-order valence-electron chi connectivity index (χ4n) is 2.59. The average Bonchev–Trinajstić information content (AvgIpc) is 2.19. The topological polar surface area (TPSA) is 30.5 Å². The van der Waals surface area contributed by atoms with Crippen LogP contribution in [0.3, 0.4) is 0 Å². The largest absolute Gasteiger partial charge is 0.326 e. The summed E-state index contributed by atoms with van der Waals surface area (Å²) in [6.07, 6.45) is 0. The van der Waals surface area contributed by atoms with Gasteiger partial charge in [0.25, 0.3) is 0 Å². The van der Waals surface area contributed by atoms with Crippen molar-refractivity contribution >= 4 is 28.8 Å². The van der Waals surface area contributed by atoms with Gasteiger partial charge in [-0.15, -0.1) is 0 Å². The lowest BCUT2D eigenvalue weighted by molar-refractivity contribution is 0.236. The van der Waals surface area contributed by atoms with Crippen LogP contribution < -0.4 is 9.96 Å². The molecule has 0 amide bonds. The smallest absolute Gasteiger partial charge is 0.175 e. The third-order valence-corrected chi connectivity index (χ3v) is 16.7. The number of hydrogen-bond donors (Lipinski definition) is 2. The first-order valence-corrected chi connectivity index (χ1v) is 14.2. The molecule has 0 unspecified atom stereocenters. The maximum Gasteiger partial charge on any atom is 0.175 e. The van der Waals surface area contributed by atoms with E-state index < -0.39 is 9.12 Å². The van der Waals surface area contributed by atoms with Gasteiger partial charge in [0.2, 0.25) is 0 Å². The molecule has 4 nitrogen and oxygen atoms in total. The average molecular weight is 391 g/mol. The van der Waals surface area contributed by atoms with E-state index in [2.05, 4.69) is 108 Å². The zero-order chi connectivity index (χ0) is 19.6. The molecule has 0 bridgehead atoms. The zero-order valence-electron chi connectivity index (χ0n) is 18.9. The quantitative estimate of drug-likeness (QED) is 0.704. The van der Waals surface area contributed by atoms with Crippen LogP contribution in [0.15, 0.2) is 0 Å². The van der Waals surface area contributed by atoms with Crippen LogP contribution in [0.1, 0.15) is 83.1 Å². The van der Waals surface area contributed by atoms with Crippen molar-refractivity contribution in [3.63, 3.8) is 0 Å². The van der Waals surface area contributed by atoms with Gasteiger partial charge in [0, 0.05) is 22.2 Å². The van der Waals surface area contributed by atoms with Crippen LogP contribution in [-0.2, 0) is 0 Å². The van der Waals surface area contributed by atoms with Gasteiger partial charge in [-0.1, -0.05) is 0 Å². The molecule has 0 saturated carbocycles. The summed E-state index contributed by atoms with van der Waals surface area (Å²) < 4.78 is 5.61. The molecule has 146 valence electrons. The van der Waals surface area contributed by atoms with Gasteiger partial charge in [-0.05, 0) is 89.6 Å². The van der Waals surface area contributed by atoms with Crippen molar-refractivity contribution in [2.75, 3.05) is 0 Å². The highest BCUT2D eigenvalue weighted by atomic mass is 28.4. The van der Waals surface area contributed by atoms with Crippen LogP contribution in [-0.4, -0.2) is 59.4 Å². The first-order valence-electron chi connectivity index (χ1n) is 9.38. The zero-order valence-corrected chi connectivity index (χ0v) is 22.9. The Hall–Kier alpha value is 0.491. The molecule has 0 atom stereocenters. The van der Waals surface area contributed by atoms with E-state index in [0.717, 1.165) is 0 Å². The van der Waals surface area contributed by atoms with E-state index in [9.17, 15) is 0 Å². The third-order valence-electron chi connectivity index (χ3n) is 4.17. The molecule has 2 N–H and O–H groups in total. The Morgan fingerprint density at radius 1 is 0.667 bits per heavy atom. The van der Waals surface area contributed by atoms with Crippen molar-refractivity contribution < 1.29 is 0 Å². The molecule has 0 aromatic carbocycles. The summed E-state index contributed by atoms with van der Waals surface area (Å²) >= 11 is 0. The fourth-order valence-corrected chi connectivity index (χ4v) is 10.2. The maximum atomic E-state index is 3.51. The van der Waals surface area contributed by atoms with Crippen LogP contribution in [0, 0.1) is 0 Å². The van der Waals surface area contributed by atoms with E-state index >= 15 is 0 Å². The summed E-state index contributed by atoms with van der Waals surface area (Å²) in [4.78, 5) is 7.01. The van der Waals surface area contributed by atoms with Crippen molar-refractivity contribution in [3.05, 3.63) is 0 Å². The molecule has 0 aromatic rings. The number of hydrogen-bond acceptors (Lipinski definition) is 4. The Morgan fingerprint density at radius 3 is 1.12 bits per heavy atom. The minimum atomic E-state index is -0.721. The van der Waals surface area contributed by atoms with Gasteiger partial charge in [-0.25, -0.2) is 0 Å². The van der Waals surface area contributed by atoms with E-state index in [1.54, 1.807) is 0 Å². The third kappa shape index (κ3) is 9.84. The first kappa shape index (κ1) is 24.5. The van der Waals surface area contributed by atoms with Crippen LogP contribution in [0.5, 0.6) is 0 Å². The first-order chi connectivity index (χ1) is 10.3. The second-order valence-electron chi connectivity index (χ2n) is 11.1. The number of nitrogens with one attached hydrogen (secondary N) is 2. The van der Waals surface area contributed by atoms with Crippen molar-refractivity contribution in [1.82, 2.24) is 18.4 Å². The lowest BCUT2D eigenvalue weighted by Gasteiger charge is -2.59. The summed E-state index contributed by atoms with van der Waals surface area (Å²) in [6, 6.07) is 0. The lowest BCUT2D eigenvalue weighted by Crippen LogP contribution is -2.77. The lowest BCUT2D eigenvalue weighted by atomic mass is 10.1. The predicted molar refractivity (Wildman–Crippen MR) is 119 cm³/mol. The van der Waals surface area contributed by atoms with E-state index in [1.807, 2.05) is 0 Å². The molecular formula is C17H46N4Si3. The fraction of sp³-hybridized carbons (Fsp3) is 1.00. The number of rotatable bonds is 2. The summed E-state index contributed by atoms with van der Waals surface area (Å²) in [5, 5.41) is 0. The van der Waals surface area contributed by atoms with E-state index in [1.165, 1.54) is 0 Å². The van der Waals surface area contributed by atoms with Crippen molar-refractivity contribution in [2.45, 2.75) is 112 Å². The minimum Gasteiger partial charge on any atom is -0.326 e. The van der Waals surface area contributed by atoms with Crippen LogP contribution in [0.2, 0.25) is 6.55 Å². The molecule has 1 heterocycles. The second kappa shape index (κ2) is 8.45. The summed E-state index contributed by atoms with van der Waals surface area (Å²) in [7, 11) is -1.11.